The van der Waals surface area contributed by atoms with Gasteiger partial charge in [-0.1, -0.05) is 49.4 Å². The molecular weight excluding hydrogens is 568 g/mol. The van der Waals surface area contributed by atoms with Crippen molar-refractivity contribution >= 4 is 23.4 Å². The summed E-state index contributed by atoms with van der Waals surface area (Å²) in [6, 6.07) is 21.3. The Kier molecular flexibility index (Phi) is 10.4. The fraction of sp³-hybridized carbons (Fsp3) is 0.417. The van der Waals surface area contributed by atoms with Gasteiger partial charge in [-0.25, -0.2) is 0 Å². The molecule has 1 unspecified atom stereocenters. The average Bonchev–Trinajstić information content (AvgIpc) is 3.33. The highest BCUT2D eigenvalue weighted by molar-refractivity contribution is 6.24. The number of methoxy groups -OCH3 is 2. The van der Waals surface area contributed by atoms with Gasteiger partial charge in [0.2, 0.25) is 5.91 Å². The second-order valence-corrected chi connectivity index (χ2v) is 11.7. The van der Waals surface area contributed by atoms with Crippen LogP contribution in [0.4, 0.5) is 5.69 Å². The van der Waals surface area contributed by atoms with Crippen molar-refractivity contribution in [1.82, 2.24) is 15.1 Å². The minimum Gasteiger partial charge on any atom is -0.493 e. The first-order valence-corrected chi connectivity index (χ1v) is 15.9. The summed E-state index contributed by atoms with van der Waals surface area (Å²) in [7, 11) is 3.14. The molecule has 0 saturated carbocycles. The highest BCUT2D eigenvalue weighted by atomic mass is 16.5. The number of nitrogens with one attached hydrogen (secondary N) is 1. The van der Waals surface area contributed by atoms with E-state index in [1.54, 1.807) is 26.4 Å². The summed E-state index contributed by atoms with van der Waals surface area (Å²) in [6.45, 7) is 7.87. The van der Waals surface area contributed by atoms with Crippen molar-refractivity contribution in [2.45, 2.75) is 51.6 Å². The lowest BCUT2D eigenvalue weighted by Gasteiger charge is -2.39. The third kappa shape index (κ3) is 6.83. The Labute approximate surface area is 266 Å². The second-order valence-electron chi connectivity index (χ2n) is 11.7. The molecule has 2 aliphatic heterocycles. The smallest absolute Gasteiger partial charge is 0.264 e. The molecule has 1 saturated heterocycles. The third-order valence-corrected chi connectivity index (χ3v) is 8.97. The number of piperazine rings is 1. The second kappa shape index (κ2) is 14.6. The van der Waals surface area contributed by atoms with E-state index in [0.717, 1.165) is 43.9 Å². The number of carbonyl (C=O) groups excluding carboxylic acids is 3. The molecule has 1 N–H and O–H groups in total. The highest BCUT2D eigenvalue weighted by Gasteiger charge is 2.43. The maximum atomic E-state index is 14.3. The normalized spacial score (nSPS) is 16.4. The predicted octanol–water partition coefficient (Wildman–Crippen LogP) is 5.62. The molecule has 3 aromatic rings. The molecule has 2 atom stereocenters. The number of amides is 3. The van der Waals surface area contributed by atoms with E-state index in [1.165, 1.54) is 10.5 Å². The quantitative estimate of drug-likeness (QED) is 0.198. The molecule has 3 aromatic carbocycles. The van der Waals surface area contributed by atoms with Crippen LogP contribution in [0.15, 0.2) is 66.7 Å². The van der Waals surface area contributed by atoms with Gasteiger partial charge in [0.15, 0.2) is 11.5 Å². The fourth-order valence-corrected chi connectivity index (χ4v) is 6.47. The molecule has 0 radical (unpaired) electrons. The van der Waals surface area contributed by atoms with Crippen LogP contribution in [0.25, 0.3) is 0 Å². The van der Waals surface area contributed by atoms with Gasteiger partial charge in [0, 0.05) is 45.2 Å². The van der Waals surface area contributed by atoms with E-state index in [4.69, 9.17) is 9.47 Å². The molecule has 45 heavy (non-hydrogen) atoms. The number of hydrogen-bond donors (Lipinski definition) is 1. The number of nitrogens with zero attached hydrogens (tertiary/aromatic N) is 3. The van der Waals surface area contributed by atoms with Gasteiger partial charge in [-0.3, -0.25) is 24.2 Å². The summed E-state index contributed by atoms with van der Waals surface area (Å²) in [5, 5.41) is 2.95. The van der Waals surface area contributed by atoms with Gasteiger partial charge < -0.3 is 19.7 Å². The molecule has 2 aliphatic rings. The van der Waals surface area contributed by atoms with E-state index in [0.29, 0.717) is 54.5 Å². The summed E-state index contributed by atoms with van der Waals surface area (Å²) >= 11 is 0. The summed E-state index contributed by atoms with van der Waals surface area (Å²) in [5.74, 6) is 0.501. The SMILES string of the molecule is CCCC(=O)NCCCC(c1ccc(OC)c(OC)c1)N1C(=O)c2cccc(N3CCN([C@H](C)c4ccccc4)CC3)c2C1=O. The number of fused-ring (bicyclic) bond motifs is 1. The molecule has 2 heterocycles. The number of ether oxygens (including phenoxy) is 2. The van der Waals surface area contributed by atoms with Crippen molar-refractivity contribution < 1.29 is 23.9 Å². The van der Waals surface area contributed by atoms with Gasteiger partial charge >= 0.3 is 0 Å². The summed E-state index contributed by atoms with van der Waals surface area (Å²) < 4.78 is 11.0. The van der Waals surface area contributed by atoms with Crippen molar-refractivity contribution in [2.24, 2.45) is 0 Å². The molecule has 9 nitrogen and oxygen atoms in total. The summed E-state index contributed by atoms with van der Waals surface area (Å²) in [4.78, 5) is 46.5. The Morgan fingerprint density at radius 1 is 0.867 bits per heavy atom. The number of carbonyl (C=O) groups is 3. The van der Waals surface area contributed by atoms with Crippen LogP contribution in [0.2, 0.25) is 0 Å². The van der Waals surface area contributed by atoms with Crippen LogP contribution < -0.4 is 19.7 Å². The predicted molar refractivity (Wildman–Crippen MR) is 175 cm³/mol. The lowest BCUT2D eigenvalue weighted by molar-refractivity contribution is -0.121. The minimum absolute atomic E-state index is 0.00352. The van der Waals surface area contributed by atoms with Crippen LogP contribution in [-0.2, 0) is 4.79 Å². The molecule has 5 rings (SSSR count). The maximum Gasteiger partial charge on any atom is 0.264 e. The summed E-state index contributed by atoms with van der Waals surface area (Å²) in [6.07, 6.45) is 2.33. The Hall–Kier alpha value is -4.37. The number of benzene rings is 3. The van der Waals surface area contributed by atoms with Gasteiger partial charge in [-0.15, -0.1) is 0 Å². The monoisotopic (exact) mass is 612 g/mol. The van der Waals surface area contributed by atoms with Crippen LogP contribution in [0.3, 0.4) is 0 Å². The number of anilines is 1. The zero-order valence-corrected chi connectivity index (χ0v) is 26.8. The van der Waals surface area contributed by atoms with Crippen LogP contribution in [0.1, 0.15) is 83.5 Å². The Morgan fingerprint density at radius 2 is 1.60 bits per heavy atom. The lowest BCUT2D eigenvalue weighted by atomic mass is 9.99. The van der Waals surface area contributed by atoms with E-state index in [2.05, 4.69) is 46.3 Å². The standard InChI is InChI=1S/C36H44N4O5/c1-5-11-33(41)37-19-10-16-29(27-17-18-31(44-3)32(24-27)45-4)40-35(42)28-14-9-15-30(34(28)36(40)43)39-22-20-38(21-23-39)25(2)26-12-7-6-8-13-26/h6-9,12-15,17-18,24-25,29H,5,10-11,16,19-23H2,1-4H3,(H,37,41)/t25-,29?/m1/s1. The number of imide groups is 1. The van der Waals surface area contributed by atoms with Crippen molar-refractivity contribution in [1.29, 1.82) is 0 Å². The fourth-order valence-electron chi connectivity index (χ4n) is 6.47. The Balaban J connectivity index is 1.38. The van der Waals surface area contributed by atoms with E-state index in [1.807, 2.05) is 37.3 Å². The molecule has 1 fully saturated rings. The van der Waals surface area contributed by atoms with Crippen molar-refractivity contribution in [2.75, 3.05) is 51.8 Å². The first kappa shape index (κ1) is 32.0. The lowest BCUT2D eigenvalue weighted by Crippen LogP contribution is -2.47. The molecule has 9 heteroatoms. The summed E-state index contributed by atoms with van der Waals surface area (Å²) in [5.41, 5.74) is 3.76. The van der Waals surface area contributed by atoms with E-state index < -0.39 is 6.04 Å². The molecule has 0 bridgehead atoms. The molecule has 0 aromatic heterocycles. The van der Waals surface area contributed by atoms with Crippen LogP contribution >= 0.6 is 0 Å². The van der Waals surface area contributed by atoms with Crippen molar-refractivity contribution in [3.63, 3.8) is 0 Å². The topological polar surface area (TPSA) is 91.4 Å². The van der Waals surface area contributed by atoms with E-state index in [9.17, 15) is 14.4 Å². The minimum atomic E-state index is -0.545. The number of rotatable bonds is 13. The van der Waals surface area contributed by atoms with Crippen LogP contribution in [-0.4, -0.2) is 74.5 Å². The van der Waals surface area contributed by atoms with Gasteiger partial charge in [0.25, 0.3) is 11.8 Å². The molecule has 0 aliphatic carbocycles. The highest BCUT2D eigenvalue weighted by Crippen LogP contribution is 2.40. The largest absolute Gasteiger partial charge is 0.493 e. The number of hydrogen-bond acceptors (Lipinski definition) is 7. The van der Waals surface area contributed by atoms with Gasteiger partial charge in [0.05, 0.1) is 37.1 Å². The molecule has 238 valence electrons. The maximum absolute atomic E-state index is 14.3. The zero-order chi connectivity index (χ0) is 31.9. The third-order valence-electron chi connectivity index (χ3n) is 8.97. The molecule has 0 spiro atoms. The molecule has 3 amide bonds. The van der Waals surface area contributed by atoms with Crippen LogP contribution in [0, 0.1) is 0 Å². The molecular formula is C36H44N4O5. The Morgan fingerprint density at radius 3 is 2.29 bits per heavy atom. The van der Waals surface area contributed by atoms with Gasteiger partial charge in [0.1, 0.15) is 0 Å². The van der Waals surface area contributed by atoms with Crippen molar-refractivity contribution in [3.05, 3.63) is 89.0 Å². The van der Waals surface area contributed by atoms with Gasteiger partial charge in [-0.05, 0) is 61.6 Å². The van der Waals surface area contributed by atoms with Crippen molar-refractivity contribution in [3.8, 4) is 11.5 Å². The van der Waals surface area contributed by atoms with E-state index >= 15 is 0 Å². The Bertz CT molecular complexity index is 1500. The van der Waals surface area contributed by atoms with Gasteiger partial charge in [-0.2, -0.15) is 0 Å². The first-order chi connectivity index (χ1) is 21.9. The average molecular weight is 613 g/mol. The zero-order valence-electron chi connectivity index (χ0n) is 26.8. The van der Waals surface area contributed by atoms with Crippen LogP contribution in [0.5, 0.6) is 11.5 Å². The van der Waals surface area contributed by atoms with E-state index in [-0.39, 0.29) is 17.7 Å². The first-order valence-electron chi connectivity index (χ1n) is 15.9.